The number of carbonyl (C=O) groups excluding carboxylic acids is 1. The Bertz CT molecular complexity index is 1220. The van der Waals surface area contributed by atoms with E-state index in [1.807, 2.05) is 29.6 Å². The smallest absolute Gasteiger partial charge is 0.255 e. The number of anilines is 1. The molecule has 2 N–H and O–H groups in total. The van der Waals surface area contributed by atoms with Crippen molar-refractivity contribution in [2.24, 2.45) is 0 Å². The van der Waals surface area contributed by atoms with Crippen LogP contribution in [-0.2, 0) is 14.8 Å². The summed E-state index contributed by atoms with van der Waals surface area (Å²) in [6, 6.07) is 15.6. The first kappa shape index (κ1) is 22.7. The molecule has 2 aromatic carbocycles. The van der Waals surface area contributed by atoms with E-state index in [0.717, 1.165) is 10.4 Å². The van der Waals surface area contributed by atoms with E-state index in [-0.39, 0.29) is 23.6 Å². The van der Waals surface area contributed by atoms with Crippen molar-refractivity contribution in [2.45, 2.75) is 11.8 Å². The highest BCUT2D eigenvalue weighted by Gasteiger charge is 2.18. The van der Waals surface area contributed by atoms with Gasteiger partial charge in [-0.1, -0.05) is 30.0 Å². The van der Waals surface area contributed by atoms with Gasteiger partial charge in [0.2, 0.25) is 10.0 Å². The SMILES string of the molecule is COCCNS(=O)(=O)c1ccc(C)c(C(=O)Nc2cccc(C#Cc3cccs3)c2)c1. The number of sulfonamides is 1. The van der Waals surface area contributed by atoms with Crippen LogP contribution in [0.1, 0.15) is 26.4 Å². The molecular weight excluding hydrogens is 432 g/mol. The van der Waals surface area contributed by atoms with Crippen molar-refractivity contribution < 1.29 is 17.9 Å². The molecule has 0 atom stereocenters. The predicted molar refractivity (Wildman–Crippen MR) is 123 cm³/mol. The van der Waals surface area contributed by atoms with Gasteiger partial charge >= 0.3 is 0 Å². The lowest BCUT2D eigenvalue weighted by Crippen LogP contribution is -2.27. The second-order valence-corrected chi connectivity index (χ2v) is 9.34. The summed E-state index contributed by atoms with van der Waals surface area (Å²) >= 11 is 1.56. The van der Waals surface area contributed by atoms with Crippen molar-refractivity contribution in [2.75, 3.05) is 25.6 Å². The molecule has 6 nitrogen and oxygen atoms in total. The molecule has 160 valence electrons. The summed E-state index contributed by atoms with van der Waals surface area (Å²) < 4.78 is 32.2. The molecule has 3 aromatic rings. The Morgan fingerprint density at radius 1 is 1.10 bits per heavy atom. The normalized spacial score (nSPS) is 10.9. The van der Waals surface area contributed by atoms with Crippen LogP contribution in [0.5, 0.6) is 0 Å². The van der Waals surface area contributed by atoms with Crippen LogP contribution >= 0.6 is 11.3 Å². The van der Waals surface area contributed by atoms with Crippen LogP contribution in [0.15, 0.2) is 64.9 Å². The van der Waals surface area contributed by atoms with E-state index >= 15 is 0 Å². The molecular formula is C23H22N2O4S2. The van der Waals surface area contributed by atoms with Gasteiger partial charge in [-0.15, -0.1) is 11.3 Å². The van der Waals surface area contributed by atoms with E-state index < -0.39 is 15.9 Å². The fourth-order valence-corrected chi connectivity index (χ4v) is 4.34. The van der Waals surface area contributed by atoms with Crippen molar-refractivity contribution in [1.82, 2.24) is 4.72 Å². The lowest BCUT2D eigenvalue weighted by Gasteiger charge is -2.11. The van der Waals surface area contributed by atoms with Crippen LogP contribution in [0.3, 0.4) is 0 Å². The summed E-state index contributed by atoms with van der Waals surface area (Å²) in [7, 11) is -2.25. The monoisotopic (exact) mass is 454 g/mol. The molecule has 0 aliphatic rings. The maximum atomic E-state index is 12.8. The minimum absolute atomic E-state index is 0.0231. The summed E-state index contributed by atoms with van der Waals surface area (Å²) in [5.74, 6) is 5.76. The number of thiophene rings is 1. The first-order chi connectivity index (χ1) is 14.9. The maximum Gasteiger partial charge on any atom is 0.255 e. The molecule has 0 aliphatic carbocycles. The highest BCUT2D eigenvalue weighted by Crippen LogP contribution is 2.18. The van der Waals surface area contributed by atoms with Crippen molar-refractivity contribution in [3.05, 3.63) is 81.5 Å². The average molecular weight is 455 g/mol. The first-order valence-electron chi connectivity index (χ1n) is 9.45. The van der Waals surface area contributed by atoms with Gasteiger partial charge in [0.05, 0.1) is 16.4 Å². The molecule has 0 bridgehead atoms. The van der Waals surface area contributed by atoms with Crippen molar-refractivity contribution in [3.63, 3.8) is 0 Å². The molecule has 3 rings (SSSR count). The van der Waals surface area contributed by atoms with E-state index in [4.69, 9.17) is 4.74 Å². The highest BCUT2D eigenvalue weighted by atomic mass is 32.2. The fourth-order valence-electron chi connectivity index (χ4n) is 2.73. The number of methoxy groups -OCH3 is 1. The lowest BCUT2D eigenvalue weighted by molar-refractivity contribution is 0.102. The van der Waals surface area contributed by atoms with Crippen LogP contribution in [0.25, 0.3) is 0 Å². The Morgan fingerprint density at radius 2 is 1.94 bits per heavy atom. The molecule has 0 fully saturated rings. The average Bonchev–Trinajstić information content (AvgIpc) is 3.26. The van der Waals surface area contributed by atoms with Gasteiger partial charge in [0, 0.05) is 30.5 Å². The molecule has 0 saturated heterocycles. The second-order valence-electron chi connectivity index (χ2n) is 6.63. The highest BCUT2D eigenvalue weighted by molar-refractivity contribution is 7.89. The number of ether oxygens (including phenoxy) is 1. The lowest BCUT2D eigenvalue weighted by atomic mass is 10.1. The molecule has 0 spiro atoms. The quantitative estimate of drug-likeness (QED) is 0.422. The third-order valence-electron chi connectivity index (χ3n) is 4.33. The molecule has 8 heteroatoms. The largest absolute Gasteiger partial charge is 0.383 e. The van der Waals surface area contributed by atoms with E-state index in [2.05, 4.69) is 21.9 Å². The number of carbonyl (C=O) groups is 1. The maximum absolute atomic E-state index is 12.8. The van der Waals surface area contributed by atoms with Crippen molar-refractivity contribution in [3.8, 4) is 11.8 Å². The van der Waals surface area contributed by atoms with Gasteiger partial charge in [-0.2, -0.15) is 0 Å². The van der Waals surface area contributed by atoms with Gasteiger partial charge in [-0.05, 0) is 54.3 Å². The Kier molecular flexibility index (Phi) is 7.60. The molecule has 1 amide bonds. The minimum atomic E-state index is -3.74. The Balaban J connectivity index is 1.78. The van der Waals surface area contributed by atoms with E-state index in [1.165, 1.54) is 19.2 Å². The fraction of sp³-hybridized carbons (Fsp3) is 0.174. The zero-order valence-electron chi connectivity index (χ0n) is 17.1. The molecule has 0 radical (unpaired) electrons. The molecule has 1 heterocycles. The minimum Gasteiger partial charge on any atom is -0.383 e. The van der Waals surface area contributed by atoms with Crippen molar-refractivity contribution >= 4 is 33.0 Å². The summed E-state index contributed by atoms with van der Waals surface area (Å²) in [5, 5.41) is 4.79. The number of benzene rings is 2. The zero-order valence-corrected chi connectivity index (χ0v) is 18.8. The Morgan fingerprint density at radius 3 is 2.68 bits per heavy atom. The van der Waals surface area contributed by atoms with Crippen molar-refractivity contribution in [1.29, 1.82) is 0 Å². The van der Waals surface area contributed by atoms with Gasteiger partial charge in [0.25, 0.3) is 5.91 Å². The number of aryl methyl sites for hydroxylation is 1. The summed E-state index contributed by atoms with van der Waals surface area (Å²) in [6.45, 7) is 2.16. The number of rotatable bonds is 7. The molecule has 0 saturated carbocycles. The molecule has 1 aromatic heterocycles. The van der Waals surface area contributed by atoms with Gasteiger partial charge in [0.1, 0.15) is 0 Å². The first-order valence-corrected chi connectivity index (χ1v) is 11.8. The zero-order chi connectivity index (χ0) is 22.3. The van der Waals surface area contributed by atoms with Crippen LogP contribution in [0, 0.1) is 18.8 Å². The number of hydrogen-bond donors (Lipinski definition) is 2. The van der Waals surface area contributed by atoms with E-state index in [0.29, 0.717) is 11.3 Å². The van der Waals surface area contributed by atoms with E-state index in [1.54, 1.807) is 36.5 Å². The molecule has 31 heavy (non-hydrogen) atoms. The molecule has 0 aliphatic heterocycles. The predicted octanol–water partition coefficient (Wildman–Crippen LogP) is 3.63. The van der Waals surface area contributed by atoms with Gasteiger partial charge in [0.15, 0.2) is 0 Å². The Labute approximate surface area is 186 Å². The standard InChI is InChI=1S/C23H22N2O4S2/c1-17-8-11-21(31(27,28)24-12-13-29-2)16-22(17)23(26)25-19-6-3-5-18(15-19)9-10-20-7-4-14-30-20/h3-8,11,14-16,24H,12-13H2,1-2H3,(H,25,26). The third-order valence-corrected chi connectivity index (χ3v) is 6.58. The van der Waals surface area contributed by atoms with E-state index in [9.17, 15) is 13.2 Å². The van der Waals surface area contributed by atoms with Crippen LogP contribution in [-0.4, -0.2) is 34.6 Å². The Hall–Kier alpha value is -2.96. The number of amides is 1. The number of hydrogen-bond acceptors (Lipinski definition) is 5. The topological polar surface area (TPSA) is 84.5 Å². The summed E-state index contributed by atoms with van der Waals surface area (Å²) in [5.41, 5.74) is 2.29. The van der Waals surface area contributed by atoms with Gasteiger partial charge < -0.3 is 10.1 Å². The second kappa shape index (κ2) is 10.4. The third kappa shape index (κ3) is 6.26. The summed E-state index contributed by atoms with van der Waals surface area (Å²) in [6.07, 6.45) is 0. The number of nitrogens with one attached hydrogen (secondary N) is 2. The van der Waals surface area contributed by atoms with Gasteiger partial charge in [-0.25, -0.2) is 13.1 Å². The van der Waals surface area contributed by atoms with Gasteiger partial charge in [-0.3, -0.25) is 4.79 Å². The molecule has 0 unspecified atom stereocenters. The van der Waals surface area contributed by atoms with Crippen LogP contribution in [0.2, 0.25) is 0 Å². The van der Waals surface area contributed by atoms with Crippen LogP contribution < -0.4 is 10.0 Å². The van der Waals surface area contributed by atoms with Crippen LogP contribution in [0.4, 0.5) is 5.69 Å². The summed E-state index contributed by atoms with van der Waals surface area (Å²) in [4.78, 5) is 13.8.